The van der Waals surface area contributed by atoms with Crippen LogP contribution in [0.15, 0.2) is 35.2 Å². The number of aromatic nitrogens is 1. The monoisotopic (exact) mass is 332 g/mol. The molecule has 0 aromatic carbocycles. The highest BCUT2D eigenvalue weighted by Gasteiger charge is 2.12. The third-order valence-corrected chi connectivity index (χ3v) is 4.35. The summed E-state index contributed by atoms with van der Waals surface area (Å²) in [7, 11) is 0. The lowest BCUT2D eigenvalue weighted by molar-refractivity contribution is 0.122. The van der Waals surface area contributed by atoms with Crippen molar-refractivity contribution in [2.75, 3.05) is 43.1 Å². The number of hydrogen-bond acceptors (Lipinski definition) is 5. The van der Waals surface area contributed by atoms with Gasteiger partial charge in [0.1, 0.15) is 5.82 Å². The third-order valence-electron chi connectivity index (χ3n) is 3.62. The first-order valence-corrected chi connectivity index (χ1v) is 8.60. The van der Waals surface area contributed by atoms with Crippen LogP contribution in [-0.2, 0) is 11.2 Å². The Balaban J connectivity index is 1.44. The van der Waals surface area contributed by atoms with Gasteiger partial charge in [0.15, 0.2) is 0 Å². The summed E-state index contributed by atoms with van der Waals surface area (Å²) in [6.07, 6.45) is 2.52. The van der Waals surface area contributed by atoms with E-state index in [1.807, 2.05) is 17.5 Å². The van der Waals surface area contributed by atoms with E-state index >= 15 is 0 Å². The van der Waals surface area contributed by atoms with Crippen molar-refractivity contribution < 1.29 is 9.53 Å². The van der Waals surface area contributed by atoms with Crippen molar-refractivity contribution in [1.29, 1.82) is 0 Å². The Morgan fingerprint density at radius 2 is 2.17 bits per heavy atom. The highest BCUT2D eigenvalue weighted by atomic mass is 32.1. The van der Waals surface area contributed by atoms with Crippen LogP contribution in [-0.4, -0.2) is 43.9 Å². The standard InChI is InChI=1S/C16H20N4O2S/c21-16(17-5-3-13-4-10-23-12-13)19-14-1-2-15(18-11-14)20-6-8-22-9-7-20/h1-2,4,10-12H,3,5-9H2,(H2,17,19,21). The molecule has 0 aliphatic carbocycles. The van der Waals surface area contributed by atoms with Crippen LogP contribution in [0.1, 0.15) is 5.56 Å². The van der Waals surface area contributed by atoms with Crippen LogP contribution in [0.2, 0.25) is 0 Å². The molecule has 23 heavy (non-hydrogen) atoms. The fourth-order valence-electron chi connectivity index (χ4n) is 2.37. The summed E-state index contributed by atoms with van der Waals surface area (Å²) in [6.45, 7) is 3.77. The lowest BCUT2D eigenvalue weighted by Crippen LogP contribution is -2.36. The summed E-state index contributed by atoms with van der Waals surface area (Å²) in [5.74, 6) is 0.914. The topological polar surface area (TPSA) is 66.5 Å². The first-order valence-electron chi connectivity index (χ1n) is 7.66. The predicted molar refractivity (Wildman–Crippen MR) is 92.3 cm³/mol. The largest absolute Gasteiger partial charge is 0.378 e. The number of amides is 2. The van der Waals surface area contributed by atoms with Gasteiger partial charge in [0, 0.05) is 19.6 Å². The number of morpholine rings is 1. The van der Waals surface area contributed by atoms with Gasteiger partial charge in [0.05, 0.1) is 25.1 Å². The molecule has 0 spiro atoms. The Kier molecular flexibility index (Phi) is 5.44. The molecule has 1 fully saturated rings. The molecule has 1 aliphatic rings. The average molecular weight is 332 g/mol. The van der Waals surface area contributed by atoms with E-state index < -0.39 is 0 Å². The molecule has 0 saturated carbocycles. The summed E-state index contributed by atoms with van der Waals surface area (Å²) < 4.78 is 5.33. The maximum atomic E-state index is 11.9. The molecule has 122 valence electrons. The fourth-order valence-corrected chi connectivity index (χ4v) is 3.07. The number of thiophene rings is 1. The minimum Gasteiger partial charge on any atom is -0.378 e. The van der Waals surface area contributed by atoms with Crippen LogP contribution in [0.25, 0.3) is 0 Å². The van der Waals surface area contributed by atoms with Crippen LogP contribution < -0.4 is 15.5 Å². The van der Waals surface area contributed by atoms with Crippen LogP contribution >= 0.6 is 11.3 Å². The van der Waals surface area contributed by atoms with Crippen LogP contribution in [0, 0.1) is 0 Å². The molecule has 0 unspecified atom stereocenters. The first-order chi connectivity index (χ1) is 11.3. The van der Waals surface area contributed by atoms with E-state index in [9.17, 15) is 4.79 Å². The molecule has 3 heterocycles. The molecular formula is C16H20N4O2S. The van der Waals surface area contributed by atoms with Crippen LogP contribution in [0.5, 0.6) is 0 Å². The number of anilines is 2. The number of ether oxygens (including phenoxy) is 1. The second-order valence-electron chi connectivity index (χ2n) is 5.27. The average Bonchev–Trinajstić information content (AvgIpc) is 3.10. The second kappa shape index (κ2) is 7.94. The Hall–Kier alpha value is -2.12. The molecule has 0 atom stereocenters. The summed E-state index contributed by atoms with van der Waals surface area (Å²) in [5.41, 5.74) is 1.93. The summed E-state index contributed by atoms with van der Waals surface area (Å²) in [4.78, 5) is 18.4. The van der Waals surface area contributed by atoms with Gasteiger partial charge in [-0.3, -0.25) is 0 Å². The van der Waals surface area contributed by atoms with E-state index in [2.05, 4.69) is 32.0 Å². The van der Waals surface area contributed by atoms with Crippen molar-refractivity contribution in [3.05, 3.63) is 40.7 Å². The zero-order valence-electron chi connectivity index (χ0n) is 12.8. The molecule has 3 rings (SSSR count). The number of urea groups is 1. The number of carbonyl (C=O) groups is 1. The Morgan fingerprint density at radius 1 is 1.30 bits per heavy atom. The molecular weight excluding hydrogens is 312 g/mol. The summed E-state index contributed by atoms with van der Waals surface area (Å²) in [5, 5.41) is 9.78. The van der Waals surface area contributed by atoms with E-state index in [0.717, 1.165) is 38.5 Å². The van der Waals surface area contributed by atoms with Crippen molar-refractivity contribution in [3.8, 4) is 0 Å². The normalized spacial score (nSPS) is 14.5. The Bertz CT molecular complexity index is 610. The fraction of sp³-hybridized carbons (Fsp3) is 0.375. The molecule has 1 saturated heterocycles. The quantitative estimate of drug-likeness (QED) is 0.882. The molecule has 0 bridgehead atoms. The van der Waals surface area contributed by atoms with Gasteiger partial charge in [0.25, 0.3) is 0 Å². The maximum Gasteiger partial charge on any atom is 0.319 e. The van der Waals surface area contributed by atoms with E-state index in [4.69, 9.17) is 4.74 Å². The number of nitrogens with zero attached hydrogens (tertiary/aromatic N) is 2. The molecule has 2 aromatic rings. The zero-order valence-corrected chi connectivity index (χ0v) is 13.6. The Labute approximate surface area is 139 Å². The highest BCUT2D eigenvalue weighted by molar-refractivity contribution is 7.07. The van der Waals surface area contributed by atoms with Gasteiger partial charge >= 0.3 is 6.03 Å². The minimum absolute atomic E-state index is 0.207. The number of rotatable bonds is 5. The highest BCUT2D eigenvalue weighted by Crippen LogP contribution is 2.15. The number of carbonyl (C=O) groups excluding carboxylic acids is 1. The minimum atomic E-state index is -0.207. The molecule has 0 radical (unpaired) electrons. The molecule has 7 heteroatoms. The van der Waals surface area contributed by atoms with Crippen LogP contribution in [0.4, 0.5) is 16.3 Å². The number of nitrogens with one attached hydrogen (secondary N) is 2. The first kappa shape index (κ1) is 15.8. The van der Waals surface area contributed by atoms with Gasteiger partial charge < -0.3 is 20.3 Å². The van der Waals surface area contributed by atoms with Gasteiger partial charge in [-0.2, -0.15) is 11.3 Å². The van der Waals surface area contributed by atoms with Crippen molar-refractivity contribution in [3.63, 3.8) is 0 Å². The van der Waals surface area contributed by atoms with Gasteiger partial charge in [-0.05, 0) is 40.9 Å². The summed E-state index contributed by atoms with van der Waals surface area (Å²) >= 11 is 1.67. The number of pyridine rings is 1. The van der Waals surface area contributed by atoms with Crippen molar-refractivity contribution in [2.45, 2.75) is 6.42 Å². The van der Waals surface area contributed by atoms with E-state index in [0.29, 0.717) is 12.2 Å². The van der Waals surface area contributed by atoms with Crippen molar-refractivity contribution >= 4 is 28.9 Å². The molecule has 2 N–H and O–H groups in total. The number of hydrogen-bond donors (Lipinski definition) is 2. The van der Waals surface area contributed by atoms with Gasteiger partial charge in [0.2, 0.25) is 0 Å². The van der Waals surface area contributed by atoms with Gasteiger partial charge in [-0.1, -0.05) is 0 Å². The lowest BCUT2D eigenvalue weighted by atomic mass is 10.2. The smallest absolute Gasteiger partial charge is 0.319 e. The summed E-state index contributed by atoms with van der Waals surface area (Å²) in [6, 6.07) is 5.65. The molecule has 2 amide bonds. The Morgan fingerprint density at radius 3 is 2.87 bits per heavy atom. The van der Waals surface area contributed by atoms with Gasteiger partial charge in [-0.15, -0.1) is 0 Å². The van der Waals surface area contributed by atoms with E-state index in [-0.39, 0.29) is 6.03 Å². The maximum absolute atomic E-state index is 11.9. The molecule has 1 aliphatic heterocycles. The zero-order chi connectivity index (χ0) is 15.9. The molecule has 2 aromatic heterocycles. The van der Waals surface area contributed by atoms with Crippen molar-refractivity contribution in [1.82, 2.24) is 10.3 Å². The van der Waals surface area contributed by atoms with Crippen molar-refractivity contribution in [2.24, 2.45) is 0 Å². The lowest BCUT2D eigenvalue weighted by Gasteiger charge is -2.27. The van der Waals surface area contributed by atoms with E-state index in [1.165, 1.54) is 5.56 Å². The van der Waals surface area contributed by atoms with Gasteiger partial charge in [-0.25, -0.2) is 9.78 Å². The van der Waals surface area contributed by atoms with Crippen LogP contribution in [0.3, 0.4) is 0 Å². The second-order valence-corrected chi connectivity index (χ2v) is 6.05. The molecule has 6 nitrogen and oxygen atoms in total. The third kappa shape index (κ3) is 4.67. The predicted octanol–water partition coefficient (Wildman–Crippen LogP) is 2.34. The van der Waals surface area contributed by atoms with E-state index in [1.54, 1.807) is 17.5 Å². The SMILES string of the molecule is O=C(NCCc1ccsc1)Nc1ccc(N2CCOCC2)nc1.